The lowest BCUT2D eigenvalue weighted by Crippen LogP contribution is -2.40. The van der Waals surface area contributed by atoms with Crippen LogP contribution in [0.3, 0.4) is 0 Å². The first kappa shape index (κ1) is 19.6. The van der Waals surface area contributed by atoms with Crippen LogP contribution in [0.2, 0.25) is 0 Å². The molecule has 0 bridgehead atoms. The van der Waals surface area contributed by atoms with Crippen molar-refractivity contribution in [3.63, 3.8) is 0 Å². The van der Waals surface area contributed by atoms with Gasteiger partial charge in [-0.2, -0.15) is 5.10 Å². The minimum absolute atomic E-state index is 0.260. The molecule has 1 atom stereocenters. The van der Waals surface area contributed by atoms with Gasteiger partial charge in [0.15, 0.2) is 0 Å². The fourth-order valence-electron chi connectivity index (χ4n) is 2.70. The molecule has 2 amide bonds. The molecule has 1 aliphatic rings. The maximum Gasteiger partial charge on any atom is 0.427 e. The summed E-state index contributed by atoms with van der Waals surface area (Å²) in [5.41, 5.74) is 3.26. The third kappa shape index (κ3) is 7.42. The van der Waals surface area contributed by atoms with Crippen LogP contribution in [0.5, 0.6) is 0 Å². The van der Waals surface area contributed by atoms with Crippen molar-refractivity contribution in [1.82, 2.24) is 15.6 Å². The number of likely N-dealkylation sites (tertiary alicyclic amines) is 1. The second-order valence-corrected chi connectivity index (χ2v) is 6.02. The number of hydrogen-bond donors (Lipinski definition) is 2. The van der Waals surface area contributed by atoms with Crippen LogP contribution >= 0.6 is 0 Å². The van der Waals surface area contributed by atoms with Gasteiger partial charge in [-0.15, -0.1) is 0 Å². The number of carbonyl (C=O) groups excluding carboxylic acids is 2. The summed E-state index contributed by atoms with van der Waals surface area (Å²) in [4.78, 5) is 25.0. The summed E-state index contributed by atoms with van der Waals surface area (Å²) in [6.07, 6.45) is 2.63. The molecule has 1 heterocycles. The zero-order valence-electron chi connectivity index (χ0n) is 15.0. The molecule has 0 spiro atoms. The fraction of sp³-hybridized carbons (Fsp3) is 0.500. The van der Waals surface area contributed by atoms with Crippen LogP contribution in [0, 0.1) is 5.92 Å². The van der Waals surface area contributed by atoms with Gasteiger partial charge in [0.2, 0.25) is 0 Å². The van der Waals surface area contributed by atoms with E-state index in [1.54, 1.807) is 13.3 Å². The molecule has 8 nitrogen and oxygen atoms in total. The van der Waals surface area contributed by atoms with Crippen LogP contribution < -0.4 is 10.7 Å². The normalized spacial score (nSPS) is 17.0. The van der Waals surface area contributed by atoms with E-state index in [0.717, 1.165) is 31.5 Å². The van der Waals surface area contributed by atoms with E-state index < -0.39 is 12.2 Å². The molecular weight excluding hydrogens is 336 g/mol. The summed E-state index contributed by atoms with van der Waals surface area (Å²) >= 11 is 0. The van der Waals surface area contributed by atoms with E-state index in [9.17, 15) is 9.59 Å². The van der Waals surface area contributed by atoms with Crippen molar-refractivity contribution < 1.29 is 19.1 Å². The molecule has 0 radical (unpaired) electrons. The van der Waals surface area contributed by atoms with Crippen molar-refractivity contribution in [1.29, 1.82) is 0 Å². The Hall–Kier alpha value is -2.77. The number of nitrogens with zero attached hydrogens (tertiary/aromatic N) is 2. The van der Waals surface area contributed by atoms with Gasteiger partial charge in [0.1, 0.15) is 12.9 Å². The minimum atomic E-state index is -0.569. The van der Waals surface area contributed by atoms with E-state index in [0.29, 0.717) is 19.1 Å². The molecule has 0 saturated carbocycles. The predicted molar refractivity (Wildman–Crippen MR) is 97.6 cm³/mol. The van der Waals surface area contributed by atoms with E-state index in [2.05, 4.69) is 15.8 Å². The molecule has 1 saturated heterocycles. The highest BCUT2D eigenvalue weighted by Gasteiger charge is 2.19. The number of hydrazone groups is 1. The van der Waals surface area contributed by atoms with E-state index in [1.807, 2.05) is 35.2 Å². The molecule has 1 aromatic carbocycles. The number of ether oxygens (including phenoxy) is 2. The Balaban J connectivity index is 1.65. The number of nitrogens with one attached hydrogen (secondary N) is 2. The Morgan fingerprint density at radius 3 is 2.85 bits per heavy atom. The minimum Gasteiger partial charge on any atom is -0.449 e. The van der Waals surface area contributed by atoms with Crippen molar-refractivity contribution in [2.75, 3.05) is 26.2 Å². The Kier molecular flexibility index (Phi) is 8.25. The highest BCUT2D eigenvalue weighted by atomic mass is 16.6. The molecule has 8 heteroatoms. The van der Waals surface area contributed by atoms with Crippen LogP contribution in [0.25, 0.3) is 0 Å². The molecule has 142 valence electrons. The summed E-state index contributed by atoms with van der Waals surface area (Å²) in [5, 5.41) is 6.68. The fourth-order valence-corrected chi connectivity index (χ4v) is 2.70. The zero-order chi connectivity index (χ0) is 18.6. The maximum atomic E-state index is 11.8. The third-order valence-electron chi connectivity index (χ3n) is 3.95. The highest BCUT2D eigenvalue weighted by molar-refractivity contribution is 5.68. The van der Waals surface area contributed by atoms with Crippen LogP contribution in [0.4, 0.5) is 9.59 Å². The van der Waals surface area contributed by atoms with Crippen LogP contribution in [0.1, 0.15) is 25.3 Å². The first-order chi connectivity index (χ1) is 12.7. The monoisotopic (exact) mass is 362 g/mol. The van der Waals surface area contributed by atoms with Crippen molar-refractivity contribution in [3.05, 3.63) is 35.9 Å². The maximum absolute atomic E-state index is 11.8. The van der Waals surface area contributed by atoms with Crippen molar-refractivity contribution in [2.24, 2.45) is 11.0 Å². The van der Waals surface area contributed by atoms with Gasteiger partial charge in [-0.3, -0.25) is 0 Å². The predicted octanol–water partition coefficient (Wildman–Crippen LogP) is 2.31. The lowest BCUT2D eigenvalue weighted by Gasteiger charge is -2.31. The smallest absolute Gasteiger partial charge is 0.427 e. The topological polar surface area (TPSA) is 92.3 Å². The zero-order valence-corrected chi connectivity index (χ0v) is 15.0. The number of hydrogen-bond acceptors (Lipinski definition) is 5. The average molecular weight is 362 g/mol. The molecule has 26 heavy (non-hydrogen) atoms. The number of alkyl carbamates (subject to hydrolysis) is 1. The first-order valence-corrected chi connectivity index (χ1v) is 8.82. The van der Waals surface area contributed by atoms with Gasteiger partial charge in [-0.05, 0) is 31.2 Å². The molecule has 0 unspecified atom stereocenters. The largest absolute Gasteiger partial charge is 0.449 e. The lowest BCUT2D eigenvalue weighted by atomic mass is 9.98. The van der Waals surface area contributed by atoms with Crippen molar-refractivity contribution in [3.8, 4) is 0 Å². The van der Waals surface area contributed by atoms with E-state index >= 15 is 0 Å². The molecule has 1 fully saturated rings. The first-order valence-electron chi connectivity index (χ1n) is 8.82. The lowest BCUT2D eigenvalue weighted by molar-refractivity contribution is 0.135. The van der Waals surface area contributed by atoms with Crippen LogP contribution in [0.15, 0.2) is 35.4 Å². The van der Waals surface area contributed by atoms with Gasteiger partial charge in [0.05, 0.1) is 6.61 Å². The molecule has 2 N–H and O–H groups in total. The van der Waals surface area contributed by atoms with Crippen molar-refractivity contribution >= 4 is 18.5 Å². The summed E-state index contributed by atoms with van der Waals surface area (Å²) < 4.78 is 9.94. The van der Waals surface area contributed by atoms with Gasteiger partial charge in [0.25, 0.3) is 0 Å². The van der Waals surface area contributed by atoms with Gasteiger partial charge >= 0.3 is 12.2 Å². The summed E-state index contributed by atoms with van der Waals surface area (Å²) in [6, 6.07) is 9.56. The Bertz CT molecular complexity index is 594. The standard InChI is InChI=1S/C18H26N4O4/c1-2-25-18(24)21-20-14-22-10-6-9-16(12-22)11-19-17(23)26-13-15-7-4-3-5-8-15/h3-5,7-8,14,16H,2,6,9-13H2,1H3,(H,19,23)(H,21,24)/t16-/m0/s1. The molecule has 0 aliphatic carbocycles. The molecule has 1 aliphatic heterocycles. The van der Waals surface area contributed by atoms with E-state index in [4.69, 9.17) is 9.47 Å². The SMILES string of the molecule is CCOC(=O)NN=CN1CCC[C@@H](CNC(=O)OCc2ccccc2)C1. The second-order valence-electron chi connectivity index (χ2n) is 6.02. The van der Waals surface area contributed by atoms with Gasteiger partial charge < -0.3 is 19.7 Å². The van der Waals surface area contributed by atoms with Gasteiger partial charge in [0, 0.05) is 19.6 Å². The number of benzene rings is 1. The van der Waals surface area contributed by atoms with Crippen molar-refractivity contribution in [2.45, 2.75) is 26.4 Å². The van der Waals surface area contributed by atoms with Gasteiger partial charge in [-0.1, -0.05) is 30.3 Å². The number of rotatable bonds is 7. The average Bonchev–Trinajstić information content (AvgIpc) is 2.66. The van der Waals surface area contributed by atoms with E-state index in [1.165, 1.54) is 0 Å². The quantitative estimate of drug-likeness (QED) is 0.441. The summed E-state index contributed by atoms with van der Waals surface area (Å²) in [5.74, 6) is 0.307. The Labute approximate surface area is 153 Å². The molecule has 0 aromatic heterocycles. The number of carbonyl (C=O) groups is 2. The van der Waals surface area contributed by atoms with E-state index in [-0.39, 0.29) is 6.61 Å². The van der Waals surface area contributed by atoms with Crippen LogP contribution in [-0.2, 0) is 16.1 Å². The number of piperidine rings is 1. The Morgan fingerprint density at radius 1 is 1.27 bits per heavy atom. The molecule has 1 aromatic rings. The summed E-state index contributed by atoms with van der Waals surface area (Å²) in [6.45, 7) is 4.46. The summed E-state index contributed by atoms with van der Waals surface area (Å²) in [7, 11) is 0. The molecule has 2 rings (SSSR count). The molecular formula is C18H26N4O4. The highest BCUT2D eigenvalue weighted by Crippen LogP contribution is 2.14. The second kappa shape index (κ2) is 11.0. The Morgan fingerprint density at radius 2 is 2.08 bits per heavy atom. The van der Waals surface area contributed by atoms with Gasteiger partial charge in [-0.25, -0.2) is 15.0 Å². The number of amides is 2. The third-order valence-corrected chi connectivity index (χ3v) is 3.95. The van der Waals surface area contributed by atoms with Crippen LogP contribution in [-0.4, -0.2) is 49.7 Å².